The number of piperazine rings is 1. The second kappa shape index (κ2) is 8.86. The van der Waals surface area contributed by atoms with Gasteiger partial charge in [-0.05, 0) is 18.6 Å². The summed E-state index contributed by atoms with van der Waals surface area (Å²) < 4.78 is 6.97. The van der Waals surface area contributed by atoms with Crippen LogP contribution in [0, 0.1) is 0 Å². The third-order valence-corrected chi connectivity index (χ3v) is 5.60. The number of benzene rings is 1. The summed E-state index contributed by atoms with van der Waals surface area (Å²) in [5.74, 6) is 0.681. The van der Waals surface area contributed by atoms with Gasteiger partial charge in [-0.25, -0.2) is 9.67 Å². The molecule has 1 aliphatic heterocycles. The zero-order chi connectivity index (χ0) is 20.2. The molecule has 8 heteroatoms. The molecule has 1 aromatic carbocycles. The Labute approximate surface area is 170 Å². The van der Waals surface area contributed by atoms with Crippen molar-refractivity contribution in [3.8, 4) is 5.69 Å². The second-order valence-corrected chi connectivity index (χ2v) is 7.47. The average molecular weight is 396 g/mol. The zero-order valence-electron chi connectivity index (χ0n) is 17.0. The average Bonchev–Trinajstić information content (AvgIpc) is 3.18. The van der Waals surface area contributed by atoms with Gasteiger partial charge >= 0.3 is 0 Å². The van der Waals surface area contributed by atoms with Crippen LogP contribution in [0.1, 0.15) is 19.2 Å². The number of aromatic nitrogens is 4. The largest absolute Gasteiger partial charge is 0.383 e. The number of fused-ring (bicyclic) bond motifs is 1. The SMILES string of the molecule is CCC1CN(Cc2nc3c(cnn3-c3ccccc3)c(=O)[nH]2)CCN1CCOC. The van der Waals surface area contributed by atoms with Crippen LogP contribution in [0.4, 0.5) is 0 Å². The van der Waals surface area contributed by atoms with E-state index in [9.17, 15) is 4.79 Å². The predicted molar refractivity (Wildman–Crippen MR) is 112 cm³/mol. The van der Waals surface area contributed by atoms with Crippen molar-refractivity contribution < 1.29 is 4.74 Å². The number of hydrogen-bond donors (Lipinski definition) is 1. The Bertz CT molecular complexity index is 999. The fraction of sp³-hybridized carbons (Fsp3) is 0.476. The first-order valence-corrected chi connectivity index (χ1v) is 10.2. The van der Waals surface area contributed by atoms with E-state index < -0.39 is 0 Å². The monoisotopic (exact) mass is 396 g/mol. The molecule has 1 saturated heterocycles. The molecule has 4 rings (SSSR count). The van der Waals surface area contributed by atoms with Crippen molar-refractivity contribution in [2.75, 3.05) is 39.9 Å². The van der Waals surface area contributed by atoms with Crippen molar-refractivity contribution in [3.05, 3.63) is 52.7 Å². The highest BCUT2D eigenvalue weighted by Crippen LogP contribution is 2.16. The van der Waals surface area contributed by atoms with Crippen molar-refractivity contribution in [2.45, 2.75) is 25.9 Å². The van der Waals surface area contributed by atoms with Crippen LogP contribution in [0.2, 0.25) is 0 Å². The molecule has 1 aliphatic rings. The summed E-state index contributed by atoms with van der Waals surface area (Å²) in [4.78, 5) is 25.1. The van der Waals surface area contributed by atoms with Gasteiger partial charge in [-0.1, -0.05) is 25.1 Å². The number of nitrogens with zero attached hydrogens (tertiary/aromatic N) is 5. The van der Waals surface area contributed by atoms with Gasteiger partial charge in [0.15, 0.2) is 5.65 Å². The molecular formula is C21H28N6O2. The first kappa shape index (κ1) is 19.8. The normalized spacial score (nSPS) is 18.5. The van der Waals surface area contributed by atoms with E-state index in [0.29, 0.717) is 29.4 Å². The van der Waals surface area contributed by atoms with Crippen LogP contribution in [-0.4, -0.2) is 75.5 Å². The number of rotatable bonds is 7. The lowest BCUT2D eigenvalue weighted by molar-refractivity contribution is 0.0455. The van der Waals surface area contributed by atoms with Crippen molar-refractivity contribution in [1.82, 2.24) is 29.5 Å². The lowest BCUT2D eigenvalue weighted by Crippen LogP contribution is -2.53. The number of aromatic amines is 1. The number of H-pyrrole nitrogens is 1. The van der Waals surface area contributed by atoms with Gasteiger partial charge in [-0.3, -0.25) is 14.6 Å². The van der Waals surface area contributed by atoms with E-state index in [1.54, 1.807) is 18.0 Å². The van der Waals surface area contributed by atoms with Gasteiger partial charge in [0.1, 0.15) is 11.2 Å². The molecule has 3 aromatic rings. The highest BCUT2D eigenvalue weighted by atomic mass is 16.5. The van der Waals surface area contributed by atoms with Gasteiger partial charge in [-0.2, -0.15) is 5.10 Å². The summed E-state index contributed by atoms with van der Waals surface area (Å²) >= 11 is 0. The van der Waals surface area contributed by atoms with Crippen molar-refractivity contribution in [3.63, 3.8) is 0 Å². The van der Waals surface area contributed by atoms with E-state index >= 15 is 0 Å². The van der Waals surface area contributed by atoms with Crippen LogP contribution >= 0.6 is 0 Å². The van der Waals surface area contributed by atoms with Crippen molar-refractivity contribution in [2.24, 2.45) is 0 Å². The van der Waals surface area contributed by atoms with E-state index in [-0.39, 0.29) is 5.56 Å². The van der Waals surface area contributed by atoms with Crippen LogP contribution < -0.4 is 5.56 Å². The Hall–Kier alpha value is -2.55. The Kier molecular flexibility index (Phi) is 6.03. The molecule has 0 radical (unpaired) electrons. The van der Waals surface area contributed by atoms with Crippen LogP contribution in [-0.2, 0) is 11.3 Å². The fourth-order valence-corrected chi connectivity index (χ4v) is 4.00. The summed E-state index contributed by atoms with van der Waals surface area (Å²) in [6.07, 6.45) is 2.67. The summed E-state index contributed by atoms with van der Waals surface area (Å²) in [6.45, 7) is 7.46. The van der Waals surface area contributed by atoms with Gasteiger partial charge in [0, 0.05) is 39.3 Å². The van der Waals surface area contributed by atoms with Crippen molar-refractivity contribution in [1.29, 1.82) is 0 Å². The van der Waals surface area contributed by atoms with E-state index in [0.717, 1.165) is 44.9 Å². The molecule has 29 heavy (non-hydrogen) atoms. The standard InChI is InChI=1S/C21H28N6O2/c1-3-16-14-25(9-10-26(16)11-12-29-2)15-19-23-20-18(21(28)24-19)13-22-27(20)17-7-5-4-6-8-17/h4-8,13,16H,3,9-12,14-15H2,1-2H3,(H,23,24,28). The molecule has 0 amide bonds. The molecule has 1 unspecified atom stereocenters. The molecule has 1 N–H and O–H groups in total. The van der Waals surface area contributed by atoms with E-state index in [2.05, 4.69) is 26.8 Å². The van der Waals surface area contributed by atoms with Crippen molar-refractivity contribution >= 4 is 11.0 Å². The smallest absolute Gasteiger partial charge is 0.262 e. The highest BCUT2D eigenvalue weighted by molar-refractivity contribution is 5.75. The summed E-state index contributed by atoms with van der Waals surface area (Å²) in [5, 5.41) is 4.89. The zero-order valence-corrected chi connectivity index (χ0v) is 17.0. The van der Waals surface area contributed by atoms with Gasteiger partial charge in [0.05, 0.1) is 25.0 Å². The second-order valence-electron chi connectivity index (χ2n) is 7.47. The number of hydrogen-bond acceptors (Lipinski definition) is 6. The van der Waals surface area contributed by atoms with Gasteiger partial charge in [0.2, 0.25) is 0 Å². The molecule has 0 aliphatic carbocycles. The maximum Gasteiger partial charge on any atom is 0.262 e. The lowest BCUT2D eigenvalue weighted by Gasteiger charge is -2.40. The molecule has 154 valence electrons. The summed E-state index contributed by atoms with van der Waals surface area (Å²) in [6, 6.07) is 10.3. The number of para-hydroxylation sites is 1. The number of nitrogens with one attached hydrogen (secondary N) is 1. The molecule has 3 heterocycles. The quantitative estimate of drug-likeness (QED) is 0.654. The van der Waals surface area contributed by atoms with Gasteiger partial charge in [-0.15, -0.1) is 0 Å². The minimum Gasteiger partial charge on any atom is -0.383 e. The third-order valence-electron chi connectivity index (χ3n) is 5.60. The maximum absolute atomic E-state index is 12.6. The van der Waals surface area contributed by atoms with E-state index in [1.165, 1.54) is 0 Å². The van der Waals surface area contributed by atoms with Crippen LogP contribution in [0.5, 0.6) is 0 Å². The molecule has 0 saturated carbocycles. The van der Waals surface area contributed by atoms with Crippen LogP contribution in [0.15, 0.2) is 41.3 Å². The first-order valence-electron chi connectivity index (χ1n) is 10.2. The molecule has 1 fully saturated rings. The number of ether oxygens (including phenoxy) is 1. The first-order chi connectivity index (χ1) is 14.2. The minimum atomic E-state index is -0.141. The summed E-state index contributed by atoms with van der Waals surface area (Å²) in [7, 11) is 1.75. The van der Waals surface area contributed by atoms with Gasteiger partial charge in [0.25, 0.3) is 5.56 Å². The molecule has 0 bridgehead atoms. The predicted octanol–water partition coefficient (Wildman–Crippen LogP) is 1.65. The molecular weight excluding hydrogens is 368 g/mol. The van der Waals surface area contributed by atoms with Crippen LogP contribution in [0.3, 0.4) is 0 Å². The number of methoxy groups -OCH3 is 1. The van der Waals surface area contributed by atoms with E-state index in [4.69, 9.17) is 9.72 Å². The highest BCUT2D eigenvalue weighted by Gasteiger charge is 2.26. The Morgan fingerprint density at radius 3 is 2.83 bits per heavy atom. The molecule has 2 aromatic heterocycles. The Morgan fingerprint density at radius 2 is 2.07 bits per heavy atom. The van der Waals surface area contributed by atoms with E-state index in [1.807, 2.05) is 30.3 Å². The Balaban J connectivity index is 1.55. The fourth-order valence-electron chi connectivity index (χ4n) is 4.00. The van der Waals surface area contributed by atoms with Gasteiger partial charge < -0.3 is 9.72 Å². The molecule has 1 atom stereocenters. The summed E-state index contributed by atoms with van der Waals surface area (Å²) in [5.41, 5.74) is 1.35. The van der Waals surface area contributed by atoms with Crippen LogP contribution in [0.25, 0.3) is 16.7 Å². The molecule has 0 spiro atoms. The minimum absolute atomic E-state index is 0.141. The topological polar surface area (TPSA) is 79.3 Å². The molecule has 8 nitrogen and oxygen atoms in total. The Morgan fingerprint density at radius 1 is 1.24 bits per heavy atom. The maximum atomic E-state index is 12.6. The lowest BCUT2D eigenvalue weighted by atomic mass is 10.1. The third kappa shape index (κ3) is 4.24.